The molecule has 0 aliphatic heterocycles. The SMILES string of the molecule is CC(CO)(CCCSc1nc2ccccc2o1)NC1CC1. The first-order valence-electron chi connectivity index (χ1n) is 7.55. The predicted octanol–water partition coefficient (Wildman–Crippen LogP) is 3.20. The number of thioether (sulfide) groups is 1. The highest BCUT2D eigenvalue weighted by atomic mass is 32.2. The van der Waals surface area contributed by atoms with Gasteiger partial charge in [-0.3, -0.25) is 0 Å². The Morgan fingerprint density at radius 1 is 1.43 bits per heavy atom. The molecule has 0 radical (unpaired) electrons. The van der Waals surface area contributed by atoms with Gasteiger partial charge >= 0.3 is 0 Å². The predicted molar refractivity (Wildman–Crippen MR) is 85.6 cm³/mol. The summed E-state index contributed by atoms with van der Waals surface area (Å²) in [5.74, 6) is 0.953. The summed E-state index contributed by atoms with van der Waals surface area (Å²) in [6, 6.07) is 8.44. The van der Waals surface area contributed by atoms with E-state index in [0.29, 0.717) is 6.04 Å². The van der Waals surface area contributed by atoms with Crippen LogP contribution in [0.4, 0.5) is 0 Å². The number of aliphatic hydroxyl groups excluding tert-OH is 1. The van der Waals surface area contributed by atoms with E-state index in [1.807, 2.05) is 24.3 Å². The molecular formula is C16H22N2O2S. The lowest BCUT2D eigenvalue weighted by atomic mass is 9.97. The molecule has 0 saturated heterocycles. The van der Waals surface area contributed by atoms with E-state index in [-0.39, 0.29) is 12.1 Å². The Labute approximate surface area is 129 Å². The van der Waals surface area contributed by atoms with Crippen LogP contribution < -0.4 is 5.32 Å². The minimum absolute atomic E-state index is 0.150. The molecule has 1 aromatic heterocycles. The molecule has 0 spiro atoms. The van der Waals surface area contributed by atoms with Crippen LogP contribution in [0.15, 0.2) is 33.9 Å². The van der Waals surface area contributed by atoms with Crippen LogP contribution in [0.25, 0.3) is 11.1 Å². The molecule has 1 aliphatic carbocycles. The second kappa shape index (κ2) is 6.38. The van der Waals surface area contributed by atoms with Crippen molar-refractivity contribution in [3.05, 3.63) is 24.3 Å². The number of hydrogen-bond acceptors (Lipinski definition) is 5. The maximum absolute atomic E-state index is 9.57. The van der Waals surface area contributed by atoms with Crippen LogP contribution in [-0.2, 0) is 0 Å². The minimum atomic E-state index is -0.150. The van der Waals surface area contributed by atoms with Crippen LogP contribution in [0.5, 0.6) is 0 Å². The first-order chi connectivity index (χ1) is 10.2. The highest BCUT2D eigenvalue weighted by Gasteiger charge is 2.31. The third-order valence-electron chi connectivity index (χ3n) is 3.85. The summed E-state index contributed by atoms with van der Waals surface area (Å²) in [6.07, 6.45) is 4.48. The van der Waals surface area contributed by atoms with Crippen LogP contribution in [0.1, 0.15) is 32.6 Å². The number of benzene rings is 1. The smallest absolute Gasteiger partial charge is 0.256 e. The summed E-state index contributed by atoms with van der Waals surface area (Å²) in [7, 11) is 0. The lowest BCUT2D eigenvalue weighted by Crippen LogP contribution is -2.46. The first kappa shape index (κ1) is 14.9. The molecule has 1 saturated carbocycles. The molecule has 3 rings (SSSR count). The molecule has 2 aromatic rings. The number of aromatic nitrogens is 1. The molecular weight excluding hydrogens is 284 g/mol. The van der Waals surface area contributed by atoms with Gasteiger partial charge in [-0.05, 0) is 44.7 Å². The first-order valence-corrected chi connectivity index (χ1v) is 8.54. The maximum atomic E-state index is 9.57. The van der Waals surface area contributed by atoms with Crippen LogP contribution in [0, 0.1) is 0 Å². The zero-order chi connectivity index (χ0) is 14.7. The number of hydrogen-bond donors (Lipinski definition) is 2. The molecule has 1 heterocycles. The zero-order valence-electron chi connectivity index (χ0n) is 12.3. The van der Waals surface area contributed by atoms with Gasteiger partial charge in [0.05, 0.1) is 6.61 Å². The average molecular weight is 306 g/mol. The second-order valence-corrected chi connectivity index (χ2v) is 7.08. The number of oxazole rings is 1. The Kier molecular flexibility index (Phi) is 4.52. The second-order valence-electron chi connectivity index (χ2n) is 6.04. The monoisotopic (exact) mass is 306 g/mol. The van der Waals surface area contributed by atoms with Gasteiger partial charge in [0, 0.05) is 17.3 Å². The standard InChI is InChI=1S/C16H22N2O2S/c1-16(11-19,18-12-7-8-12)9-4-10-21-15-17-13-5-2-3-6-14(13)20-15/h2-3,5-6,12,18-19H,4,7-11H2,1H3. The summed E-state index contributed by atoms with van der Waals surface area (Å²) in [5.41, 5.74) is 1.61. The Balaban J connectivity index is 1.46. The van der Waals surface area contributed by atoms with Crippen molar-refractivity contribution in [2.45, 2.75) is 49.4 Å². The van der Waals surface area contributed by atoms with E-state index in [1.165, 1.54) is 12.8 Å². The van der Waals surface area contributed by atoms with Gasteiger partial charge < -0.3 is 14.8 Å². The number of aliphatic hydroxyl groups is 1. The fraction of sp³-hybridized carbons (Fsp3) is 0.562. The molecule has 21 heavy (non-hydrogen) atoms. The Hall–Kier alpha value is -1.04. The third kappa shape index (κ3) is 3.99. The van der Waals surface area contributed by atoms with Gasteiger partial charge in [-0.25, -0.2) is 4.98 Å². The highest BCUT2D eigenvalue weighted by Crippen LogP contribution is 2.27. The normalized spacial score (nSPS) is 18.0. The molecule has 1 unspecified atom stereocenters. The van der Waals surface area contributed by atoms with Crippen LogP contribution in [-0.4, -0.2) is 34.0 Å². The van der Waals surface area contributed by atoms with E-state index in [9.17, 15) is 5.11 Å². The number of nitrogens with one attached hydrogen (secondary N) is 1. The van der Waals surface area contributed by atoms with Crippen molar-refractivity contribution in [1.29, 1.82) is 0 Å². The number of rotatable bonds is 8. The summed E-state index contributed by atoms with van der Waals surface area (Å²) in [6.45, 7) is 2.30. The summed E-state index contributed by atoms with van der Waals surface area (Å²) in [5, 5.41) is 13.8. The summed E-state index contributed by atoms with van der Waals surface area (Å²) in [4.78, 5) is 4.46. The van der Waals surface area contributed by atoms with E-state index < -0.39 is 0 Å². The van der Waals surface area contributed by atoms with Crippen molar-refractivity contribution in [2.24, 2.45) is 0 Å². The average Bonchev–Trinajstić information content (AvgIpc) is 3.19. The van der Waals surface area contributed by atoms with E-state index in [1.54, 1.807) is 11.8 Å². The third-order valence-corrected chi connectivity index (χ3v) is 4.77. The van der Waals surface area contributed by atoms with Gasteiger partial charge in [0.1, 0.15) is 5.52 Å². The number of nitrogens with zero attached hydrogens (tertiary/aromatic N) is 1. The topological polar surface area (TPSA) is 58.3 Å². The van der Waals surface area contributed by atoms with Crippen LogP contribution in [0.2, 0.25) is 0 Å². The van der Waals surface area contributed by atoms with E-state index >= 15 is 0 Å². The van der Waals surface area contributed by atoms with Crippen molar-refractivity contribution in [1.82, 2.24) is 10.3 Å². The Morgan fingerprint density at radius 2 is 2.24 bits per heavy atom. The molecule has 2 N–H and O–H groups in total. The van der Waals surface area contributed by atoms with Gasteiger partial charge in [-0.1, -0.05) is 23.9 Å². The Morgan fingerprint density at radius 3 is 2.95 bits per heavy atom. The molecule has 1 fully saturated rings. The molecule has 0 amide bonds. The minimum Gasteiger partial charge on any atom is -0.431 e. The highest BCUT2D eigenvalue weighted by molar-refractivity contribution is 7.99. The Bertz CT molecular complexity index is 564. The lowest BCUT2D eigenvalue weighted by Gasteiger charge is -2.28. The van der Waals surface area contributed by atoms with Gasteiger partial charge in [0.15, 0.2) is 5.58 Å². The van der Waals surface area contributed by atoms with Gasteiger partial charge in [0.25, 0.3) is 5.22 Å². The number of para-hydroxylation sites is 2. The largest absolute Gasteiger partial charge is 0.431 e. The molecule has 4 nitrogen and oxygen atoms in total. The molecule has 1 atom stereocenters. The van der Waals surface area contributed by atoms with Crippen molar-refractivity contribution in [3.8, 4) is 0 Å². The van der Waals surface area contributed by atoms with Crippen molar-refractivity contribution < 1.29 is 9.52 Å². The fourth-order valence-electron chi connectivity index (χ4n) is 2.45. The summed E-state index contributed by atoms with van der Waals surface area (Å²) >= 11 is 1.64. The van der Waals surface area contributed by atoms with Crippen LogP contribution >= 0.6 is 11.8 Å². The lowest BCUT2D eigenvalue weighted by molar-refractivity contribution is 0.163. The van der Waals surface area contributed by atoms with E-state index in [0.717, 1.165) is 34.9 Å². The van der Waals surface area contributed by atoms with E-state index in [2.05, 4.69) is 17.2 Å². The zero-order valence-corrected chi connectivity index (χ0v) is 13.2. The van der Waals surface area contributed by atoms with Crippen molar-refractivity contribution >= 4 is 22.9 Å². The van der Waals surface area contributed by atoms with E-state index in [4.69, 9.17) is 4.42 Å². The fourth-order valence-corrected chi connectivity index (χ4v) is 3.23. The number of fused-ring (bicyclic) bond motifs is 1. The molecule has 5 heteroatoms. The summed E-state index contributed by atoms with van der Waals surface area (Å²) < 4.78 is 5.69. The van der Waals surface area contributed by atoms with Crippen LogP contribution in [0.3, 0.4) is 0 Å². The maximum Gasteiger partial charge on any atom is 0.256 e. The quantitative estimate of drug-likeness (QED) is 0.579. The van der Waals surface area contributed by atoms with Crippen molar-refractivity contribution in [3.63, 3.8) is 0 Å². The van der Waals surface area contributed by atoms with Gasteiger partial charge in [0.2, 0.25) is 0 Å². The molecule has 1 aromatic carbocycles. The van der Waals surface area contributed by atoms with Crippen molar-refractivity contribution in [2.75, 3.05) is 12.4 Å². The van der Waals surface area contributed by atoms with Gasteiger partial charge in [-0.2, -0.15) is 0 Å². The molecule has 1 aliphatic rings. The van der Waals surface area contributed by atoms with Gasteiger partial charge in [-0.15, -0.1) is 0 Å². The molecule has 0 bridgehead atoms. The molecule has 114 valence electrons.